The monoisotopic (exact) mass is 416 g/mol. The highest BCUT2D eigenvalue weighted by atomic mass is 32.1. The van der Waals surface area contributed by atoms with E-state index >= 15 is 0 Å². The van der Waals surface area contributed by atoms with Gasteiger partial charge in [0.05, 0.1) is 10.6 Å². The van der Waals surface area contributed by atoms with Crippen LogP contribution in [0.3, 0.4) is 0 Å². The number of nitro groups is 1. The van der Waals surface area contributed by atoms with Gasteiger partial charge in [-0.3, -0.25) is 14.9 Å². The second-order valence-electron chi connectivity index (χ2n) is 6.90. The summed E-state index contributed by atoms with van der Waals surface area (Å²) in [7, 11) is 0. The Kier molecular flexibility index (Phi) is 6.86. The zero-order valence-corrected chi connectivity index (χ0v) is 17.3. The number of rotatable bonds is 7. The molecule has 0 saturated heterocycles. The van der Waals surface area contributed by atoms with E-state index in [1.807, 2.05) is 12.1 Å². The maximum absolute atomic E-state index is 11.7. The summed E-state index contributed by atoms with van der Waals surface area (Å²) in [4.78, 5) is 28.2. The van der Waals surface area contributed by atoms with Crippen LogP contribution < -0.4 is 10.2 Å². The normalized spacial score (nSPS) is 14.8. The SMILES string of the molecule is CCN(c1ccc(N=Nc2ncc([N+](=O)[O-])s2)c(NC(C)=O)c1)C1CCCCC1. The quantitative estimate of drug-likeness (QED) is 0.359. The molecule has 10 heteroatoms. The molecule has 1 N–H and O–H groups in total. The Labute approximate surface area is 173 Å². The predicted octanol–water partition coefficient (Wildman–Crippen LogP) is 5.58. The van der Waals surface area contributed by atoms with E-state index in [4.69, 9.17) is 0 Å². The predicted molar refractivity (Wildman–Crippen MR) is 114 cm³/mol. The molecule has 0 unspecified atom stereocenters. The number of benzene rings is 1. The van der Waals surface area contributed by atoms with Crippen LogP contribution in [0, 0.1) is 10.1 Å². The summed E-state index contributed by atoms with van der Waals surface area (Å²) in [6.07, 6.45) is 7.28. The van der Waals surface area contributed by atoms with Crippen molar-refractivity contribution in [3.8, 4) is 0 Å². The van der Waals surface area contributed by atoms with Gasteiger partial charge in [0.1, 0.15) is 11.9 Å². The zero-order valence-electron chi connectivity index (χ0n) is 16.5. The van der Waals surface area contributed by atoms with Gasteiger partial charge in [0.15, 0.2) is 0 Å². The van der Waals surface area contributed by atoms with Crippen molar-refractivity contribution in [2.45, 2.75) is 52.0 Å². The molecule has 1 aromatic heterocycles. The van der Waals surface area contributed by atoms with Gasteiger partial charge < -0.3 is 10.2 Å². The van der Waals surface area contributed by atoms with E-state index in [1.54, 1.807) is 6.07 Å². The molecule has 1 aliphatic rings. The molecule has 29 heavy (non-hydrogen) atoms. The second kappa shape index (κ2) is 9.55. The third-order valence-corrected chi connectivity index (χ3v) is 5.72. The molecule has 1 aromatic carbocycles. The Balaban J connectivity index is 1.87. The largest absolute Gasteiger partial charge is 0.369 e. The first kappa shape index (κ1) is 20.8. The lowest BCUT2D eigenvalue weighted by Gasteiger charge is -2.35. The molecule has 0 spiro atoms. The summed E-state index contributed by atoms with van der Waals surface area (Å²) in [6.45, 7) is 4.46. The van der Waals surface area contributed by atoms with Crippen LogP contribution in [-0.4, -0.2) is 28.4 Å². The van der Waals surface area contributed by atoms with E-state index < -0.39 is 4.92 Å². The van der Waals surface area contributed by atoms with Crippen LogP contribution in [0.15, 0.2) is 34.6 Å². The standard InChI is InChI=1S/C19H24N6O3S/c1-3-24(14-7-5-4-6-8-14)15-9-10-16(17(11-15)21-13(2)26)22-23-19-20-12-18(29-19)25(27)28/h9-12,14H,3-8H2,1-2H3,(H,21,26). The van der Waals surface area contributed by atoms with Crippen LogP contribution in [0.5, 0.6) is 0 Å². The van der Waals surface area contributed by atoms with Crippen LogP contribution in [-0.2, 0) is 4.79 Å². The number of anilines is 2. The Morgan fingerprint density at radius 1 is 1.34 bits per heavy atom. The van der Waals surface area contributed by atoms with Crippen molar-refractivity contribution in [1.29, 1.82) is 0 Å². The van der Waals surface area contributed by atoms with E-state index in [1.165, 1.54) is 39.0 Å². The lowest BCUT2D eigenvalue weighted by atomic mass is 9.93. The molecule has 2 aromatic rings. The van der Waals surface area contributed by atoms with Gasteiger partial charge in [0.25, 0.3) is 0 Å². The number of hydrogen-bond acceptors (Lipinski definition) is 8. The number of azo groups is 1. The first-order chi connectivity index (χ1) is 14.0. The molecule has 1 amide bonds. The molecule has 1 fully saturated rings. The molecule has 0 atom stereocenters. The van der Waals surface area contributed by atoms with Crippen LogP contribution in [0.2, 0.25) is 0 Å². The van der Waals surface area contributed by atoms with Crippen molar-refractivity contribution < 1.29 is 9.72 Å². The van der Waals surface area contributed by atoms with Gasteiger partial charge in [0, 0.05) is 25.2 Å². The summed E-state index contributed by atoms with van der Waals surface area (Å²) in [5.74, 6) is -0.204. The Morgan fingerprint density at radius 3 is 2.72 bits per heavy atom. The van der Waals surface area contributed by atoms with Gasteiger partial charge in [-0.15, -0.1) is 10.2 Å². The second-order valence-corrected chi connectivity index (χ2v) is 7.89. The summed E-state index contributed by atoms with van der Waals surface area (Å²) >= 11 is 0.844. The highest BCUT2D eigenvalue weighted by molar-refractivity contribution is 7.18. The molecule has 1 aliphatic carbocycles. The first-order valence-corrected chi connectivity index (χ1v) is 10.5. The topological polar surface area (TPSA) is 113 Å². The van der Waals surface area contributed by atoms with Gasteiger partial charge >= 0.3 is 5.00 Å². The number of nitrogens with zero attached hydrogens (tertiary/aromatic N) is 5. The highest BCUT2D eigenvalue weighted by Crippen LogP contribution is 2.35. The van der Waals surface area contributed by atoms with Crippen LogP contribution >= 0.6 is 11.3 Å². The van der Waals surface area contributed by atoms with Gasteiger partial charge in [0.2, 0.25) is 11.0 Å². The highest BCUT2D eigenvalue weighted by Gasteiger charge is 2.21. The van der Waals surface area contributed by atoms with Gasteiger partial charge in [-0.1, -0.05) is 19.3 Å². The van der Waals surface area contributed by atoms with E-state index in [9.17, 15) is 14.9 Å². The number of amides is 1. The number of carbonyl (C=O) groups is 1. The number of nitrogens with one attached hydrogen (secondary N) is 1. The Bertz CT molecular complexity index is 907. The fourth-order valence-electron chi connectivity index (χ4n) is 3.61. The van der Waals surface area contributed by atoms with E-state index in [-0.39, 0.29) is 16.0 Å². The molecular formula is C19H24N6O3S. The molecule has 0 radical (unpaired) electrons. The maximum Gasteiger partial charge on any atom is 0.345 e. The van der Waals surface area contributed by atoms with Crippen LogP contribution in [0.25, 0.3) is 0 Å². The third-order valence-electron chi connectivity index (χ3n) is 4.88. The smallest absolute Gasteiger partial charge is 0.345 e. The maximum atomic E-state index is 11.7. The van der Waals surface area contributed by atoms with E-state index in [2.05, 4.69) is 32.4 Å². The average molecular weight is 417 g/mol. The van der Waals surface area contributed by atoms with Crippen molar-refractivity contribution >= 4 is 44.4 Å². The molecule has 0 bridgehead atoms. The Morgan fingerprint density at radius 2 is 2.10 bits per heavy atom. The molecule has 1 saturated carbocycles. The van der Waals surface area contributed by atoms with Crippen molar-refractivity contribution in [1.82, 2.24) is 4.98 Å². The average Bonchev–Trinajstić information content (AvgIpc) is 3.18. The van der Waals surface area contributed by atoms with E-state index in [0.29, 0.717) is 17.4 Å². The van der Waals surface area contributed by atoms with Gasteiger partial charge in [-0.25, -0.2) is 4.98 Å². The fraction of sp³-hybridized carbons (Fsp3) is 0.474. The lowest BCUT2D eigenvalue weighted by molar-refractivity contribution is -0.380. The molecule has 3 rings (SSSR count). The molecule has 9 nitrogen and oxygen atoms in total. The minimum atomic E-state index is -0.515. The van der Waals surface area contributed by atoms with Gasteiger partial charge in [-0.2, -0.15) is 0 Å². The van der Waals surface area contributed by atoms with Crippen LogP contribution in [0.4, 0.5) is 27.2 Å². The first-order valence-electron chi connectivity index (χ1n) is 9.68. The molecule has 1 heterocycles. The number of aromatic nitrogens is 1. The van der Waals surface area contributed by atoms with E-state index in [0.717, 1.165) is 29.8 Å². The van der Waals surface area contributed by atoms with Crippen molar-refractivity contribution in [3.63, 3.8) is 0 Å². The third kappa shape index (κ3) is 5.35. The molecular weight excluding hydrogens is 392 g/mol. The minimum Gasteiger partial charge on any atom is -0.369 e. The number of thiazole rings is 1. The van der Waals surface area contributed by atoms with Crippen LogP contribution in [0.1, 0.15) is 46.0 Å². The van der Waals surface area contributed by atoms with Crippen molar-refractivity contribution in [2.75, 3.05) is 16.8 Å². The fourth-order valence-corrected chi connectivity index (χ4v) is 4.16. The summed E-state index contributed by atoms with van der Waals surface area (Å²) in [5.41, 5.74) is 2.06. The Hall–Kier alpha value is -2.88. The zero-order chi connectivity index (χ0) is 20.8. The van der Waals surface area contributed by atoms with Crippen molar-refractivity contribution in [3.05, 3.63) is 34.5 Å². The summed E-state index contributed by atoms with van der Waals surface area (Å²) in [6, 6.07) is 6.19. The minimum absolute atomic E-state index is 0.0950. The van der Waals surface area contributed by atoms with Crippen molar-refractivity contribution in [2.24, 2.45) is 10.2 Å². The molecule has 154 valence electrons. The number of hydrogen-bond donors (Lipinski definition) is 1. The number of carbonyl (C=O) groups excluding carboxylic acids is 1. The van der Waals surface area contributed by atoms with Gasteiger partial charge in [-0.05, 0) is 49.3 Å². The summed E-state index contributed by atoms with van der Waals surface area (Å²) < 4.78 is 0. The summed E-state index contributed by atoms with van der Waals surface area (Å²) in [5, 5.41) is 21.8. The lowest BCUT2D eigenvalue weighted by Crippen LogP contribution is -2.36. The molecule has 0 aliphatic heterocycles.